The van der Waals surface area contributed by atoms with E-state index >= 15 is 0 Å². The van der Waals surface area contributed by atoms with E-state index in [9.17, 15) is 0 Å². The minimum Gasteiger partial charge on any atom is -0.370 e. The Morgan fingerprint density at radius 1 is 1.12 bits per heavy atom. The summed E-state index contributed by atoms with van der Waals surface area (Å²) in [4.78, 5) is 2.55. The average molecular weight is 294 g/mol. The maximum absolute atomic E-state index is 3.57. The van der Waals surface area contributed by atoms with Gasteiger partial charge in [0.2, 0.25) is 0 Å². The summed E-state index contributed by atoms with van der Waals surface area (Å²) in [7, 11) is 0. The standard InChI is InChI=1S/C15H20BrN/c1-12-9-13(5-6-14(12)16)17-10-15(11-17)7-3-2-4-8-15/h5-6,9H,2-4,7-8,10-11H2,1H3. The number of halogens is 1. The SMILES string of the molecule is Cc1cc(N2CC3(CCCCC3)C2)ccc1Br. The summed E-state index contributed by atoms with van der Waals surface area (Å²) < 4.78 is 1.22. The van der Waals surface area contributed by atoms with Gasteiger partial charge in [-0.2, -0.15) is 0 Å². The van der Waals surface area contributed by atoms with Crippen LogP contribution in [0.3, 0.4) is 0 Å². The molecule has 2 fully saturated rings. The van der Waals surface area contributed by atoms with Gasteiger partial charge >= 0.3 is 0 Å². The molecule has 17 heavy (non-hydrogen) atoms. The Morgan fingerprint density at radius 2 is 1.82 bits per heavy atom. The molecule has 1 aliphatic carbocycles. The normalized spacial score (nSPS) is 22.6. The molecular weight excluding hydrogens is 274 g/mol. The first-order valence-electron chi connectivity index (χ1n) is 6.70. The van der Waals surface area contributed by atoms with Gasteiger partial charge in [-0.05, 0) is 43.5 Å². The summed E-state index contributed by atoms with van der Waals surface area (Å²) in [6, 6.07) is 6.73. The summed E-state index contributed by atoms with van der Waals surface area (Å²) >= 11 is 3.57. The Kier molecular flexibility index (Phi) is 2.94. The van der Waals surface area contributed by atoms with Gasteiger partial charge in [-0.3, -0.25) is 0 Å². The van der Waals surface area contributed by atoms with Gasteiger partial charge in [0, 0.05) is 28.7 Å². The molecule has 0 aromatic heterocycles. The number of hydrogen-bond acceptors (Lipinski definition) is 1. The van der Waals surface area contributed by atoms with E-state index in [1.807, 2.05) is 0 Å². The molecule has 1 heterocycles. The third-order valence-corrected chi connectivity index (χ3v) is 5.36. The number of aryl methyl sites for hydroxylation is 1. The van der Waals surface area contributed by atoms with Gasteiger partial charge in [0.15, 0.2) is 0 Å². The van der Waals surface area contributed by atoms with Crippen LogP contribution in [0.15, 0.2) is 22.7 Å². The summed E-state index contributed by atoms with van der Waals surface area (Å²) in [6.07, 6.45) is 7.28. The summed E-state index contributed by atoms with van der Waals surface area (Å²) in [6.45, 7) is 4.74. The molecule has 0 unspecified atom stereocenters. The second-order valence-corrected chi connectivity index (χ2v) is 6.70. The number of nitrogens with zero attached hydrogens (tertiary/aromatic N) is 1. The monoisotopic (exact) mass is 293 g/mol. The van der Waals surface area contributed by atoms with E-state index in [4.69, 9.17) is 0 Å². The van der Waals surface area contributed by atoms with Crippen molar-refractivity contribution in [2.24, 2.45) is 5.41 Å². The lowest BCUT2D eigenvalue weighted by Gasteiger charge is -2.53. The molecule has 0 radical (unpaired) electrons. The molecule has 0 N–H and O–H groups in total. The molecular formula is C15H20BrN. The molecule has 1 aromatic rings. The smallest absolute Gasteiger partial charge is 0.0370 e. The minimum absolute atomic E-state index is 0.680. The lowest BCUT2D eigenvalue weighted by Crippen LogP contribution is -2.57. The zero-order valence-corrected chi connectivity index (χ0v) is 12.1. The second kappa shape index (κ2) is 4.31. The summed E-state index contributed by atoms with van der Waals surface area (Å²) in [5.74, 6) is 0. The Labute approximate surface area is 112 Å². The van der Waals surface area contributed by atoms with Gasteiger partial charge in [0.25, 0.3) is 0 Å². The summed E-state index contributed by atoms with van der Waals surface area (Å²) in [5.41, 5.74) is 3.42. The van der Waals surface area contributed by atoms with E-state index in [0.29, 0.717) is 5.41 Å². The van der Waals surface area contributed by atoms with Crippen molar-refractivity contribution < 1.29 is 0 Å². The van der Waals surface area contributed by atoms with Crippen LogP contribution in [0, 0.1) is 12.3 Å². The van der Waals surface area contributed by atoms with Crippen LogP contribution < -0.4 is 4.90 Å². The van der Waals surface area contributed by atoms with E-state index in [0.717, 1.165) is 0 Å². The first-order chi connectivity index (χ1) is 8.19. The quantitative estimate of drug-likeness (QED) is 0.735. The maximum Gasteiger partial charge on any atom is 0.0370 e. The zero-order valence-electron chi connectivity index (χ0n) is 10.5. The maximum atomic E-state index is 3.57. The average Bonchev–Trinajstić information content (AvgIpc) is 2.31. The predicted octanol–water partition coefficient (Wildman–Crippen LogP) is 4.53. The molecule has 1 spiro atoms. The molecule has 3 rings (SSSR count). The largest absolute Gasteiger partial charge is 0.370 e. The van der Waals surface area contributed by atoms with Crippen molar-refractivity contribution in [3.8, 4) is 0 Å². The topological polar surface area (TPSA) is 3.24 Å². The molecule has 1 saturated heterocycles. The Morgan fingerprint density at radius 3 is 2.47 bits per heavy atom. The fourth-order valence-corrected chi connectivity index (χ4v) is 3.64. The lowest BCUT2D eigenvalue weighted by molar-refractivity contribution is 0.139. The molecule has 2 aliphatic rings. The van der Waals surface area contributed by atoms with Crippen LogP contribution >= 0.6 is 15.9 Å². The van der Waals surface area contributed by atoms with Gasteiger partial charge in [-0.15, -0.1) is 0 Å². The van der Waals surface area contributed by atoms with Crippen molar-refractivity contribution >= 4 is 21.6 Å². The van der Waals surface area contributed by atoms with Gasteiger partial charge in [-0.1, -0.05) is 35.2 Å². The fourth-order valence-electron chi connectivity index (χ4n) is 3.39. The Hall–Kier alpha value is -0.500. The molecule has 1 aliphatic heterocycles. The molecule has 1 nitrogen and oxygen atoms in total. The van der Waals surface area contributed by atoms with Crippen molar-refractivity contribution in [3.05, 3.63) is 28.2 Å². The third kappa shape index (κ3) is 2.12. The highest BCUT2D eigenvalue weighted by Crippen LogP contribution is 2.45. The van der Waals surface area contributed by atoms with E-state index in [1.54, 1.807) is 0 Å². The van der Waals surface area contributed by atoms with Crippen LogP contribution in [-0.4, -0.2) is 13.1 Å². The molecule has 1 aromatic carbocycles. The molecule has 2 heteroatoms. The third-order valence-electron chi connectivity index (χ3n) is 4.47. The lowest BCUT2D eigenvalue weighted by atomic mass is 9.68. The van der Waals surface area contributed by atoms with E-state index < -0.39 is 0 Å². The van der Waals surface area contributed by atoms with E-state index in [2.05, 4.69) is 46.0 Å². The highest BCUT2D eigenvalue weighted by molar-refractivity contribution is 9.10. The van der Waals surface area contributed by atoms with E-state index in [-0.39, 0.29) is 0 Å². The van der Waals surface area contributed by atoms with E-state index in [1.165, 1.54) is 60.9 Å². The number of rotatable bonds is 1. The van der Waals surface area contributed by atoms with Crippen molar-refractivity contribution in [2.75, 3.05) is 18.0 Å². The van der Waals surface area contributed by atoms with Gasteiger partial charge in [0.05, 0.1) is 0 Å². The van der Waals surface area contributed by atoms with Crippen LogP contribution in [0.5, 0.6) is 0 Å². The molecule has 0 atom stereocenters. The van der Waals surface area contributed by atoms with Crippen LogP contribution in [0.1, 0.15) is 37.7 Å². The van der Waals surface area contributed by atoms with Crippen LogP contribution in [0.25, 0.3) is 0 Å². The second-order valence-electron chi connectivity index (χ2n) is 5.85. The number of anilines is 1. The molecule has 0 amide bonds. The predicted molar refractivity (Wildman–Crippen MR) is 76.6 cm³/mol. The highest BCUT2D eigenvalue weighted by Gasteiger charge is 2.43. The van der Waals surface area contributed by atoms with Gasteiger partial charge in [-0.25, -0.2) is 0 Å². The van der Waals surface area contributed by atoms with Crippen LogP contribution in [-0.2, 0) is 0 Å². The Bertz CT molecular complexity index is 413. The minimum atomic E-state index is 0.680. The molecule has 0 bridgehead atoms. The van der Waals surface area contributed by atoms with Crippen molar-refractivity contribution in [1.82, 2.24) is 0 Å². The number of hydrogen-bond donors (Lipinski definition) is 0. The van der Waals surface area contributed by atoms with Crippen molar-refractivity contribution in [1.29, 1.82) is 0 Å². The fraction of sp³-hybridized carbons (Fsp3) is 0.600. The number of benzene rings is 1. The van der Waals surface area contributed by atoms with Crippen LogP contribution in [0.2, 0.25) is 0 Å². The van der Waals surface area contributed by atoms with Gasteiger partial charge < -0.3 is 4.90 Å². The molecule has 1 saturated carbocycles. The van der Waals surface area contributed by atoms with Crippen molar-refractivity contribution in [2.45, 2.75) is 39.0 Å². The highest BCUT2D eigenvalue weighted by atomic mass is 79.9. The van der Waals surface area contributed by atoms with Crippen molar-refractivity contribution in [3.63, 3.8) is 0 Å². The summed E-state index contributed by atoms with van der Waals surface area (Å²) in [5, 5.41) is 0. The zero-order chi connectivity index (χ0) is 11.9. The molecule has 92 valence electrons. The van der Waals surface area contributed by atoms with Crippen LogP contribution in [0.4, 0.5) is 5.69 Å². The first kappa shape index (κ1) is 11.6. The van der Waals surface area contributed by atoms with Gasteiger partial charge in [0.1, 0.15) is 0 Å². The Balaban J connectivity index is 1.70. The first-order valence-corrected chi connectivity index (χ1v) is 7.49.